The van der Waals surface area contributed by atoms with Crippen molar-refractivity contribution in [1.82, 2.24) is 0 Å². The van der Waals surface area contributed by atoms with Gasteiger partial charge in [-0.15, -0.1) is 0 Å². The normalized spacial score (nSPS) is 11.0. The lowest BCUT2D eigenvalue weighted by Crippen LogP contribution is -2.04. The number of benzene rings is 3. The molecule has 23 heavy (non-hydrogen) atoms. The van der Waals surface area contributed by atoms with Crippen LogP contribution in [0.3, 0.4) is 0 Å². The Hall–Kier alpha value is -3.00. The first kappa shape index (κ1) is 14.9. The maximum atomic E-state index is 13.0. The molecule has 0 unspecified atom stereocenters. The lowest BCUT2D eigenvalue weighted by Gasteiger charge is -2.08. The van der Waals surface area contributed by atoms with Gasteiger partial charge in [0.2, 0.25) is 0 Å². The van der Waals surface area contributed by atoms with E-state index in [1.807, 2.05) is 72.8 Å². The third-order valence-corrected chi connectivity index (χ3v) is 3.77. The molecule has 0 aliphatic heterocycles. The van der Waals surface area contributed by atoms with Gasteiger partial charge in [-0.25, -0.2) is 0 Å². The molecule has 0 N–H and O–H groups in total. The van der Waals surface area contributed by atoms with Crippen molar-refractivity contribution in [1.29, 1.82) is 0 Å². The van der Waals surface area contributed by atoms with E-state index in [1.54, 1.807) is 6.08 Å². The molecule has 3 rings (SSSR count). The van der Waals surface area contributed by atoms with Crippen LogP contribution in [0.25, 0.3) is 16.8 Å². The summed E-state index contributed by atoms with van der Waals surface area (Å²) >= 11 is 0. The molecule has 0 spiro atoms. The highest BCUT2D eigenvalue weighted by molar-refractivity contribution is 6.17. The van der Waals surface area contributed by atoms with Crippen molar-refractivity contribution in [3.05, 3.63) is 89.5 Å². The van der Waals surface area contributed by atoms with Gasteiger partial charge in [-0.1, -0.05) is 78.9 Å². The molecule has 0 bridgehead atoms. The van der Waals surface area contributed by atoms with Crippen molar-refractivity contribution in [3.8, 4) is 0 Å². The Labute approximate surface area is 135 Å². The van der Waals surface area contributed by atoms with E-state index < -0.39 is 0 Å². The second-order valence-corrected chi connectivity index (χ2v) is 5.25. The van der Waals surface area contributed by atoms with E-state index in [1.165, 1.54) is 0 Å². The Morgan fingerprint density at radius 2 is 1.52 bits per heavy atom. The van der Waals surface area contributed by atoms with Crippen LogP contribution in [-0.4, -0.2) is 12.1 Å². The molecular weight excluding hydrogens is 284 g/mol. The molecule has 3 aromatic rings. The summed E-state index contributed by atoms with van der Waals surface area (Å²) in [5.41, 5.74) is 2.16. The van der Waals surface area contributed by atoms with Crippen LogP contribution in [0.4, 0.5) is 0 Å². The molecule has 0 aliphatic rings. The fourth-order valence-electron chi connectivity index (χ4n) is 2.67. The highest BCUT2D eigenvalue weighted by Gasteiger charge is 2.14. The second kappa shape index (κ2) is 6.84. The molecule has 0 saturated heterocycles. The predicted octanol–water partition coefficient (Wildman–Crippen LogP) is 4.67. The molecule has 0 aromatic heterocycles. The second-order valence-electron chi connectivity index (χ2n) is 5.25. The van der Waals surface area contributed by atoms with Gasteiger partial charge >= 0.3 is 0 Å². The maximum absolute atomic E-state index is 13.0. The van der Waals surface area contributed by atoms with Gasteiger partial charge in [0.05, 0.1) is 0 Å². The molecule has 0 amide bonds. The van der Waals surface area contributed by atoms with Gasteiger partial charge in [-0.2, -0.15) is 0 Å². The van der Waals surface area contributed by atoms with E-state index in [-0.39, 0.29) is 5.78 Å². The summed E-state index contributed by atoms with van der Waals surface area (Å²) in [6.07, 6.45) is 4.78. The smallest absolute Gasteiger partial charge is 0.194 e. The molecule has 0 atom stereocenters. The Morgan fingerprint density at radius 3 is 2.39 bits per heavy atom. The fourth-order valence-corrected chi connectivity index (χ4v) is 2.67. The van der Waals surface area contributed by atoms with Crippen LogP contribution in [0.5, 0.6) is 0 Å². The maximum Gasteiger partial charge on any atom is 0.194 e. The third kappa shape index (κ3) is 3.11. The zero-order valence-electron chi connectivity index (χ0n) is 12.6. The number of carbonyl (C=O) groups is 2. The summed E-state index contributed by atoms with van der Waals surface area (Å²) in [5.74, 6) is -0.00634. The number of hydrogen-bond acceptors (Lipinski definition) is 2. The first-order valence-corrected chi connectivity index (χ1v) is 7.53. The zero-order chi connectivity index (χ0) is 16.1. The van der Waals surface area contributed by atoms with Gasteiger partial charge in [-0.05, 0) is 16.3 Å². The number of aldehydes is 1. The molecular formula is C21H16O2. The number of allylic oxidation sites excluding steroid dienone is 1. The molecule has 0 fully saturated rings. The van der Waals surface area contributed by atoms with E-state index in [0.717, 1.165) is 22.6 Å². The van der Waals surface area contributed by atoms with Crippen molar-refractivity contribution in [3.63, 3.8) is 0 Å². The largest absolute Gasteiger partial charge is 0.303 e. The van der Waals surface area contributed by atoms with Gasteiger partial charge in [-0.3, -0.25) is 4.79 Å². The van der Waals surface area contributed by atoms with Gasteiger partial charge < -0.3 is 4.79 Å². The molecule has 0 radical (unpaired) electrons. The lowest BCUT2D eigenvalue weighted by molar-refractivity contribution is -0.107. The first-order valence-electron chi connectivity index (χ1n) is 7.53. The van der Waals surface area contributed by atoms with Crippen molar-refractivity contribution in [2.45, 2.75) is 6.42 Å². The molecule has 112 valence electrons. The number of fused-ring (bicyclic) bond motifs is 1. The van der Waals surface area contributed by atoms with Crippen LogP contribution in [0.2, 0.25) is 0 Å². The summed E-state index contributed by atoms with van der Waals surface area (Å²) in [5, 5.41) is 2.00. The minimum atomic E-state index is -0.00634. The molecule has 0 saturated carbocycles. The Kier molecular flexibility index (Phi) is 4.44. The average molecular weight is 300 g/mol. The minimum absolute atomic E-state index is 0.00634. The minimum Gasteiger partial charge on any atom is -0.303 e. The Morgan fingerprint density at radius 1 is 0.826 bits per heavy atom. The van der Waals surface area contributed by atoms with E-state index in [4.69, 9.17) is 0 Å². The molecule has 0 aliphatic carbocycles. The number of rotatable bonds is 5. The Bertz CT molecular complexity index is 886. The van der Waals surface area contributed by atoms with Gasteiger partial charge in [0.1, 0.15) is 6.29 Å². The summed E-state index contributed by atoms with van der Waals surface area (Å²) in [6, 6.07) is 21.1. The van der Waals surface area contributed by atoms with Crippen molar-refractivity contribution < 1.29 is 9.59 Å². The van der Waals surface area contributed by atoms with Crippen molar-refractivity contribution in [2.24, 2.45) is 0 Å². The van der Waals surface area contributed by atoms with Gasteiger partial charge in [0.15, 0.2) is 5.78 Å². The monoisotopic (exact) mass is 300 g/mol. The van der Waals surface area contributed by atoms with Crippen LogP contribution < -0.4 is 0 Å². The van der Waals surface area contributed by atoms with Crippen molar-refractivity contribution in [2.75, 3.05) is 0 Å². The van der Waals surface area contributed by atoms with E-state index in [0.29, 0.717) is 17.5 Å². The van der Waals surface area contributed by atoms with Crippen molar-refractivity contribution >= 4 is 28.9 Å². The van der Waals surface area contributed by atoms with Crippen LogP contribution in [0, 0.1) is 0 Å². The molecule has 2 heteroatoms. The summed E-state index contributed by atoms with van der Waals surface area (Å²) in [6.45, 7) is 0. The highest BCUT2D eigenvalue weighted by Crippen LogP contribution is 2.23. The number of ketones is 1. The summed E-state index contributed by atoms with van der Waals surface area (Å²) in [4.78, 5) is 23.5. The lowest BCUT2D eigenvalue weighted by atomic mass is 9.94. The van der Waals surface area contributed by atoms with E-state index in [9.17, 15) is 9.59 Å². The molecule has 0 heterocycles. The highest BCUT2D eigenvalue weighted by atomic mass is 16.1. The van der Waals surface area contributed by atoms with Gasteiger partial charge in [0.25, 0.3) is 0 Å². The first-order chi connectivity index (χ1) is 11.3. The summed E-state index contributed by atoms with van der Waals surface area (Å²) < 4.78 is 0. The number of hydrogen-bond donors (Lipinski definition) is 0. The van der Waals surface area contributed by atoms with Gasteiger partial charge in [0, 0.05) is 17.5 Å². The SMILES string of the molecule is O=CC/C=C/c1ccccc1C(=O)c1cccc2ccccc12. The topological polar surface area (TPSA) is 34.1 Å². The van der Waals surface area contributed by atoms with Crippen LogP contribution >= 0.6 is 0 Å². The zero-order valence-corrected chi connectivity index (χ0v) is 12.6. The quantitative estimate of drug-likeness (QED) is 0.507. The molecule has 3 aromatic carbocycles. The molecule has 2 nitrogen and oxygen atoms in total. The van der Waals surface area contributed by atoms with Crippen LogP contribution in [-0.2, 0) is 4.79 Å². The predicted molar refractivity (Wildman–Crippen MR) is 93.5 cm³/mol. The van der Waals surface area contributed by atoms with Crippen LogP contribution in [0.1, 0.15) is 27.9 Å². The van der Waals surface area contributed by atoms with E-state index >= 15 is 0 Å². The summed E-state index contributed by atoms with van der Waals surface area (Å²) in [7, 11) is 0. The Balaban J connectivity index is 2.08. The third-order valence-electron chi connectivity index (χ3n) is 3.77. The average Bonchev–Trinajstić information content (AvgIpc) is 2.61. The number of carbonyl (C=O) groups excluding carboxylic acids is 2. The fraction of sp³-hybridized carbons (Fsp3) is 0.0476. The van der Waals surface area contributed by atoms with E-state index in [2.05, 4.69) is 0 Å². The van der Waals surface area contributed by atoms with Crippen LogP contribution in [0.15, 0.2) is 72.8 Å². The standard InChI is InChI=1S/C21H16O2/c22-15-6-5-10-17-9-2-4-13-19(17)21(23)20-14-7-11-16-8-1-3-12-18(16)20/h1-5,7-15H,6H2/b10-5+.